The number of carbonyl (C=O) groups excluding carboxylic acids is 1. The van der Waals surface area contributed by atoms with Gasteiger partial charge < -0.3 is 10.2 Å². The second-order valence-electron chi connectivity index (χ2n) is 7.67. The number of carbonyl (C=O) groups is 1. The summed E-state index contributed by atoms with van der Waals surface area (Å²) in [5, 5.41) is 3.43. The molecule has 2 atom stereocenters. The Kier molecular flexibility index (Phi) is 6.54. The van der Waals surface area contributed by atoms with Crippen LogP contribution in [-0.4, -0.2) is 37.0 Å². The third kappa shape index (κ3) is 4.59. The largest absolute Gasteiger partial charge is 0.416 e. The van der Waals surface area contributed by atoms with Crippen molar-refractivity contribution < 1.29 is 18.0 Å². The van der Waals surface area contributed by atoms with Gasteiger partial charge in [0.2, 0.25) is 0 Å². The molecule has 1 amide bonds. The Morgan fingerprint density at radius 2 is 1.52 bits per heavy atom. The van der Waals surface area contributed by atoms with Gasteiger partial charge in [0, 0.05) is 18.7 Å². The van der Waals surface area contributed by atoms with E-state index in [-0.39, 0.29) is 18.3 Å². The van der Waals surface area contributed by atoms with Gasteiger partial charge in [0.05, 0.1) is 5.56 Å². The number of nitrogens with zero attached hydrogens (tertiary/aromatic N) is 1. The van der Waals surface area contributed by atoms with E-state index >= 15 is 0 Å². The van der Waals surface area contributed by atoms with Gasteiger partial charge in [-0.3, -0.25) is 4.79 Å². The lowest BCUT2D eigenvalue weighted by atomic mass is 9.92. The highest BCUT2D eigenvalue weighted by molar-refractivity contribution is 6.00. The maximum absolute atomic E-state index is 13.2. The molecule has 2 saturated heterocycles. The Bertz CT molecular complexity index is 840. The Labute approximate surface area is 174 Å². The summed E-state index contributed by atoms with van der Waals surface area (Å²) in [5.74, 6) is 1.22. The zero-order valence-corrected chi connectivity index (χ0v) is 16.7. The second kappa shape index (κ2) is 8.76. The molecule has 2 aromatic rings. The maximum atomic E-state index is 13.2. The van der Waals surface area contributed by atoms with Gasteiger partial charge in [-0.05, 0) is 67.1 Å². The van der Waals surface area contributed by atoms with Gasteiger partial charge >= 0.3 is 6.18 Å². The Morgan fingerprint density at radius 3 is 2.10 bits per heavy atom. The zero-order valence-electron chi connectivity index (χ0n) is 15.9. The van der Waals surface area contributed by atoms with Crippen molar-refractivity contribution in [3.63, 3.8) is 0 Å². The van der Waals surface area contributed by atoms with Crippen LogP contribution in [0.1, 0.15) is 28.8 Å². The third-order valence-corrected chi connectivity index (χ3v) is 5.99. The highest BCUT2D eigenvalue weighted by Crippen LogP contribution is 2.33. The van der Waals surface area contributed by atoms with Crippen molar-refractivity contribution in [3.05, 3.63) is 59.7 Å². The molecule has 2 heterocycles. The number of rotatable bonds is 2. The van der Waals surface area contributed by atoms with E-state index in [4.69, 9.17) is 0 Å². The van der Waals surface area contributed by atoms with E-state index in [1.54, 1.807) is 18.2 Å². The van der Waals surface area contributed by atoms with Crippen LogP contribution in [0.4, 0.5) is 13.2 Å². The molecule has 29 heavy (non-hydrogen) atoms. The number of nitrogens with one attached hydrogen (secondary N) is 1. The summed E-state index contributed by atoms with van der Waals surface area (Å²) in [4.78, 5) is 15.1. The number of alkyl halides is 3. The van der Waals surface area contributed by atoms with Gasteiger partial charge in [0.15, 0.2) is 0 Å². The van der Waals surface area contributed by atoms with Crippen LogP contribution < -0.4 is 5.32 Å². The first-order chi connectivity index (χ1) is 13.4. The summed E-state index contributed by atoms with van der Waals surface area (Å²) in [6, 6.07) is 12.2. The van der Waals surface area contributed by atoms with Crippen molar-refractivity contribution in [1.29, 1.82) is 0 Å². The summed E-state index contributed by atoms with van der Waals surface area (Å²) < 4.78 is 38.5. The number of fused-ring (bicyclic) bond motifs is 1. The summed E-state index contributed by atoms with van der Waals surface area (Å²) in [6.07, 6.45) is -2.38. The van der Waals surface area contributed by atoms with E-state index in [0.29, 0.717) is 28.5 Å². The van der Waals surface area contributed by atoms with Crippen LogP contribution in [0.15, 0.2) is 48.5 Å². The number of likely N-dealkylation sites (tertiary alicyclic amines) is 1. The number of benzene rings is 2. The molecule has 0 radical (unpaired) electrons. The molecule has 2 aliphatic heterocycles. The summed E-state index contributed by atoms with van der Waals surface area (Å²) >= 11 is 0. The van der Waals surface area contributed by atoms with Crippen LogP contribution in [0.2, 0.25) is 0 Å². The average Bonchev–Trinajstić information content (AvgIpc) is 3.05. The molecule has 0 saturated carbocycles. The van der Waals surface area contributed by atoms with Crippen LogP contribution in [-0.2, 0) is 6.18 Å². The summed E-state index contributed by atoms with van der Waals surface area (Å²) in [6.45, 7) is 3.50. The molecule has 0 aromatic heterocycles. The first kappa shape index (κ1) is 21.7. The van der Waals surface area contributed by atoms with Crippen molar-refractivity contribution in [1.82, 2.24) is 10.2 Å². The molecule has 0 spiro atoms. The average molecular weight is 425 g/mol. The highest BCUT2D eigenvalue weighted by atomic mass is 35.5. The van der Waals surface area contributed by atoms with Crippen LogP contribution in [0.3, 0.4) is 0 Å². The first-order valence-corrected chi connectivity index (χ1v) is 9.70. The van der Waals surface area contributed by atoms with E-state index < -0.39 is 11.7 Å². The molecule has 4 rings (SSSR count). The topological polar surface area (TPSA) is 32.3 Å². The predicted molar refractivity (Wildman–Crippen MR) is 109 cm³/mol. The quantitative estimate of drug-likeness (QED) is 0.746. The first-order valence-electron chi connectivity index (χ1n) is 9.70. The lowest BCUT2D eigenvalue weighted by molar-refractivity contribution is -0.137. The fourth-order valence-corrected chi connectivity index (χ4v) is 4.35. The highest BCUT2D eigenvalue weighted by Gasteiger charge is 2.32. The summed E-state index contributed by atoms with van der Waals surface area (Å²) in [7, 11) is 0. The Balaban J connectivity index is 0.00000240. The minimum absolute atomic E-state index is 0. The van der Waals surface area contributed by atoms with E-state index in [1.165, 1.54) is 12.1 Å². The molecular weight excluding hydrogens is 401 g/mol. The van der Waals surface area contributed by atoms with Crippen molar-refractivity contribution in [2.75, 3.05) is 26.2 Å². The number of amides is 1. The third-order valence-electron chi connectivity index (χ3n) is 5.99. The second-order valence-corrected chi connectivity index (χ2v) is 7.67. The summed E-state index contributed by atoms with van der Waals surface area (Å²) in [5.41, 5.74) is 1.15. The molecule has 156 valence electrons. The zero-order chi connectivity index (χ0) is 19.7. The molecule has 0 aliphatic carbocycles. The number of hydrogen-bond acceptors (Lipinski definition) is 2. The monoisotopic (exact) mass is 424 g/mol. The number of hydrogen-bond donors (Lipinski definition) is 1. The van der Waals surface area contributed by atoms with Gasteiger partial charge in [0.25, 0.3) is 5.91 Å². The maximum Gasteiger partial charge on any atom is 0.416 e. The van der Waals surface area contributed by atoms with Gasteiger partial charge in [-0.15, -0.1) is 12.4 Å². The molecule has 0 unspecified atom stereocenters. The molecular formula is C22H24ClF3N2O. The Hall–Kier alpha value is -2.05. The minimum atomic E-state index is -4.37. The standard InChI is InChI=1S/C22H23F3N2O.ClH/c23-22(24,25)18-7-5-15(6-8-18)19-3-1-2-4-20(19)21(28)27-11-9-16-13-26-14-17(16)10-12-27;/h1-8,16-17,26H,9-14H2;1H/t16-,17+;. The van der Waals surface area contributed by atoms with E-state index in [2.05, 4.69) is 5.32 Å². The fourth-order valence-electron chi connectivity index (χ4n) is 4.35. The minimum Gasteiger partial charge on any atom is -0.339 e. The van der Waals surface area contributed by atoms with Crippen LogP contribution >= 0.6 is 12.4 Å². The van der Waals surface area contributed by atoms with Gasteiger partial charge in [-0.1, -0.05) is 30.3 Å². The molecule has 3 nitrogen and oxygen atoms in total. The molecule has 2 fully saturated rings. The normalized spacial score (nSPS) is 21.8. The van der Waals surface area contributed by atoms with Crippen molar-refractivity contribution in [3.8, 4) is 11.1 Å². The molecule has 2 aromatic carbocycles. The van der Waals surface area contributed by atoms with Crippen LogP contribution in [0.25, 0.3) is 11.1 Å². The van der Waals surface area contributed by atoms with Crippen LogP contribution in [0, 0.1) is 11.8 Å². The van der Waals surface area contributed by atoms with Gasteiger partial charge in [0.1, 0.15) is 0 Å². The van der Waals surface area contributed by atoms with Crippen molar-refractivity contribution in [2.24, 2.45) is 11.8 Å². The van der Waals surface area contributed by atoms with E-state index in [0.717, 1.165) is 51.2 Å². The van der Waals surface area contributed by atoms with Crippen LogP contribution in [0.5, 0.6) is 0 Å². The predicted octanol–water partition coefficient (Wildman–Crippen LogP) is 4.87. The van der Waals surface area contributed by atoms with E-state index in [1.807, 2.05) is 11.0 Å². The molecule has 1 N–H and O–H groups in total. The van der Waals surface area contributed by atoms with Crippen molar-refractivity contribution in [2.45, 2.75) is 19.0 Å². The molecule has 0 bridgehead atoms. The lowest BCUT2D eigenvalue weighted by Gasteiger charge is -2.22. The van der Waals surface area contributed by atoms with E-state index in [9.17, 15) is 18.0 Å². The lowest BCUT2D eigenvalue weighted by Crippen LogP contribution is -2.33. The van der Waals surface area contributed by atoms with Crippen molar-refractivity contribution >= 4 is 18.3 Å². The SMILES string of the molecule is Cl.O=C(c1ccccc1-c1ccc(C(F)(F)F)cc1)N1CC[C@@H]2CNC[C@@H]2CC1. The number of halogens is 4. The molecule has 7 heteroatoms. The van der Waals surface area contributed by atoms with Gasteiger partial charge in [-0.25, -0.2) is 0 Å². The van der Waals surface area contributed by atoms with Gasteiger partial charge in [-0.2, -0.15) is 13.2 Å². The Morgan fingerprint density at radius 1 is 0.931 bits per heavy atom. The smallest absolute Gasteiger partial charge is 0.339 e. The fraction of sp³-hybridized carbons (Fsp3) is 0.409. The molecule has 2 aliphatic rings.